The number of carbonyl (C=O) groups is 1. The van der Waals surface area contributed by atoms with Crippen LogP contribution in [0.15, 0.2) is 48.5 Å². The van der Waals surface area contributed by atoms with Crippen LogP contribution in [0.25, 0.3) is 10.9 Å². The van der Waals surface area contributed by atoms with Gasteiger partial charge in [0.15, 0.2) is 0 Å². The zero-order valence-electron chi connectivity index (χ0n) is 15.3. The molecule has 0 radical (unpaired) electrons. The van der Waals surface area contributed by atoms with Crippen LogP contribution >= 0.6 is 0 Å². The van der Waals surface area contributed by atoms with E-state index in [-0.39, 0.29) is 5.91 Å². The van der Waals surface area contributed by atoms with Crippen molar-refractivity contribution in [2.45, 2.75) is 6.18 Å². The van der Waals surface area contributed by atoms with Crippen LogP contribution in [-0.4, -0.2) is 42.0 Å². The van der Waals surface area contributed by atoms with E-state index in [2.05, 4.69) is 4.98 Å². The molecule has 2 aromatic carbocycles. The number of halogens is 3. The highest BCUT2D eigenvalue weighted by atomic mass is 19.4. The number of anilines is 1. The fourth-order valence-electron chi connectivity index (χ4n) is 3.59. The first-order valence-corrected chi connectivity index (χ1v) is 9.10. The van der Waals surface area contributed by atoms with Gasteiger partial charge in [0.1, 0.15) is 5.69 Å². The first kappa shape index (κ1) is 18.9. The predicted octanol–water partition coefficient (Wildman–Crippen LogP) is 4.02. The molecule has 1 N–H and O–H groups in total. The second kappa shape index (κ2) is 7.17. The lowest BCUT2D eigenvalue weighted by molar-refractivity contribution is -0.137. The number of rotatable bonds is 2. The Morgan fingerprint density at radius 3 is 2.41 bits per heavy atom. The van der Waals surface area contributed by atoms with Crippen molar-refractivity contribution in [3.8, 4) is 6.07 Å². The molecule has 2 heterocycles. The Morgan fingerprint density at radius 2 is 1.76 bits per heavy atom. The molecule has 1 aromatic heterocycles. The normalized spacial score (nSPS) is 14.8. The summed E-state index contributed by atoms with van der Waals surface area (Å²) in [5.74, 6) is -0.128. The van der Waals surface area contributed by atoms with Gasteiger partial charge in [-0.05, 0) is 30.3 Å². The average Bonchev–Trinajstić information content (AvgIpc) is 3.16. The summed E-state index contributed by atoms with van der Waals surface area (Å²) in [7, 11) is 0. The summed E-state index contributed by atoms with van der Waals surface area (Å²) in [6, 6.07) is 14.7. The highest BCUT2D eigenvalue weighted by Crippen LogP contribution is 2.34. The predicted molar refractivity (Wildman–Crippen MR) is 103 cm³/mol. The number of hydrogen-bond donors (Lipinski definition) is 1. The Kier molecular flexibility index (Phi) is 4.66. The first-order valence-electron chi connectivity index (χ1n) is 9.10. The summed E-state index contributed by atoms with van der Waals surface area (Å²) in [5.41, 5.74) is 0.445. The lowest BCUT2D eigenvalue weighted by Gasteiger charge is -2.36. The zero-order chi connectivity index (χ0) is 20.6. The fourth-order valence-corrected chi connectivity index (χ4v) is 3.59. The van der Waals surface area contributed by atoms with Gasteiger partial charge >= 0.3 is 6.18 Å². The third-order valence-electron chi connectivity index (χ3n) is 5.12. The summed E-state index contributed by atoms with van der Waals surface area (Å²) in [6.07, 6.45) is -4.59. The van der Waals surface area contributed by atoms with E-state index in [1.807, 2.05) is 24.3 Å². The van der Waals surface area contributed by atoms with E-state index in [4.69, 9.17) is 5.26 Å². The van der Waals surface area contributed by atoms with E-state index in [1.165, 1.54) is 12.1 Å². The number of nitrogens with zero attached hydrogens (tertiary/aromatic N) is 3. The molecule has 8 heteroatoms. The van der Waals surface area contributed by atoms with Gasteiger partial charge in [0.05, 0.1) is 17.2 Å². The third kappa shape index (κ3) is 3.63. The van der Waals surface area contributed by atoms with E-state index in [1.54, 1.807) is 21.9 Å². The number of nitrogens with one attached hydrogen (secondary N) is 1. The minimum absolute atomic E-state index is 0.128. The van der Waals surface area contributed by atoms with Crippen LogP contribution in [-0.2, 0) is 6.18 Å². The number of carbonyl (C=O) groups excluding carboxylic acids is 1. The molecule has 5 nitrogen and oxygen atoms in total. The smallest absolute Gasteiger partial charge is 0.368 e. The van der Waals surface area contributed by atoms with Crippen LogP contribution in [0.3, 0.4) is 0 Å². The summed E-state index contributed by atoms with van der Waals surface area (Å²) in [5, 5.41) is 9.88. The molecule has 0 spiro atoms. The molecule has 29 heavy (non-hydrogen) atoms. The number of aromatic amines is 1. The van der Waals surface area contributed by atoms with Crippen LogP contribution in [0.2, 0.25) is 0 Å². The van der Waals surface area contributed by atoms with Gasteiger partial charge in [-0.2, -0.15) is 18.4 Å². The largest absolute Gasteiger partial charge is 0.417 e. The Hall–Kier alpha value is -3.47. The topological polar surface area (TPSA) is 63.1 Å². The van der Waals surface area contributed by atoms with Crippen molar-refractivity contribution in [2.75, 3.05) is 31.1 Å². The summed E-state index contributed by atoms with van der Waals surface area (Å²) in [4.78, 5) is 19.4. The minimum Gasteiger partial charge on any atom is -0.368 e. The van der Waals surface area contributed by atoms with Gasteiger partial charge in [-0.15, -0.1) is 0 Å². The minimum atomic E-state index is -4.59. The highest BCUT2D eigenvalue weighted by Gasteiger charge is 2.34. The van der Waals surface area contributed by atoms with E-state index in [9.17, 15) is 18.0 Å². The Balaban J connectivity index is 1.48. The number of piperazine rings is 1. The van der Waals surface area contributed by atoms with Crippen molar-refractivity contribution < 1.29 is 18.0 Å². The van der Waals surface area contributed by atoms with Crippen molar-refractivity contribution >= 4 is 22.5 Å². The standard InChI is InChI=1S/C21H17F3N4O/c22-21(23,24)17-12-16(6-5-15(17)13-25)27-7-9-28(10-8-27)20(29)19-11-14-3-1-2-4-18(14)26-19/h1-6,11-12,26H,7-10H2. The number of amides is 1. The van der Waals surface area contributed by atoms with Crippen LogP contribution in [0, 0.1) is 11.3 Å². The molecule has 0 aliphatic carbocycles. The van der Waals surface area contributed by atoms with Gasteiger partial charge in [0.2, 0.25) is 0 Å². The van der Waals surface area contributed by atoms with Crippen LogP contribution in [0.4, 0.5) is 18.9 Å². The molecular formula is C21H17F3N4O. The van der Waals surface area contributed by atoms with Crippen LogP contribution < -0.4 is 4.90 Å². The van der Waals surface area contributed by atoms with E-state index in [0.717, 1.165) is 17.0 Å². The zero-order valence-corrected chi connectivity index (χ0v) is 15.3. The molecule has 0 atom stereocenters. The fraction of sp³-hybridized carbons (Fsp3) is 0.238. The molecule has 1 saturated heterocycles. The Labute approximate surface area is 164 Å². The molecule has 1 aliphatic rings. The van der Waals surface area contributed by atoms with Crippen molar-refractivity contribution in [2.24, 2.45) is 0 Å². The average molecular weight is 398 g/mol. The van der Waals surface area contributed by atoms with Crippen molar-refractivity contribution in [3.63, 3.8) is 0 Å². The SMILES string of the molecule is N#Cc1ccc(N2CCN(C(=O)c3cc4ccccc4[nH]3)CC2)cc1C(F)(F)F. The lowest BCUT2D eigenvalue weighted by atomic mass is 10.1. The Morgan fingerprint density at radius 1 is 1.03 bits per heavy atom. The molecule has 0 saturated carbocycles. The maximum atomic E-state index is 13.2. The number of benzene rings is 2. The van der Waals surface area contributed by atoms with Crippen molar-refractivity contribution in [1.82, 2.24) is 9.88 Å². The number of fused-ring (bicyclic) bond motifs is 1. The summed E-state index contributed by atoms with van der Waals surface area (Å²) in [6.45, 7) is 1.62. The van der Waals surface area contributed by atoms with E-state index < -0.39 is 17.3 Å². The molecule has 0 unspecified atom stereocenters. The van der Waals surface area contributed by atoms with Gasteiger partial charge < -0.3 is 14.8 Å². The van der Waals surface area contributed by atoms with E-state index >= 15 is 0 Å². The third-order valence-corrected chi connectivity index (χ3v) is 5.12. The van der Waals surface area contributed by atoms with Crippen molar-refractivity contribution in [3.05, 3.63) is 65.4 Å². The van der Waals surface area contributed by atoms with Gasteiger partial charge in [0.25, 0.3) is 5.91 Å². The number of aromatic nitrogens is 1. The number of para-hydroxylation sites is 1. The number of H-pyrrole nitrogens is 1. The summed E-state index contributed by atoms with van der Waals surface area (Å²) >= 11 is 0. The van der Waals surface area contributed by atoms with Gasteiger partial charge in [-0.1, -0.05) is 18.2 Å². The van der Waals surface area contributed by atoms with Crippen LogP contribution in [0.5, 0.6) is 0 Å². The number of alkyl halides is 3. The van der Waals surface area contributed by atoms with Gasteiger partial charge in [0, 0.05) is 42.8 Å². The number of nitriles is 1. The van der Waals surface area contributed by atoms with Gasteiger partial charge in [-0.3, -0.25) is 4.79 Å². The number of hydrogen-bond acceptors (Lipinski definition) is 3. The lowest BCUT2D eigenvalue weighted by Crippen LogP contribution is -2.49. The quantitative estimate of drug-likeness (QED) is 0.709. The monoisotopic (exact) mass is 398 g/mol. The van der Waals surface area contributed by atoms with Crippen molar-refractivity contribution in [1.29, 1.82) is 5.26 Å². The van der Waals surface area contributed by atoms with Crippen LogP contribution in [0.1, 0.15) is 21.6 Å². The van der Waals surface area contributed by atoms with E-state index in [0.29, 0.717) is 37.6 Å². The summed E-state index contributed by atoms with van der Waals surface area (Å²) < 4.78 is 39.6. The second-order valence-corrected chi connectivity index (χ2v) is 6.89. The molecular weight excluding hydrogens is 381 g/mol. The highest BCUT2D eigenvalue weighted by molar-refractivity contribution is 5.98. The maximum absolute atomic E-state index is 13.2. The molecule has 1 amide bonds. The molecule has 3 aromatic rings. The van der Waals surface area contributed by atoms with Gasteiger partial charge in [-0.25, -0.2) is 0 Å². The maximum Gasteiger partial charge on any atom is 0.417 e. The molecule has 1 fully saturated rings. The first-order chi connectivity index (χ1) is 13.9. The Bertz CT molecular complexity index is 1070. The molecule has 1 aliphatic heterocycles. The molecule has 4 rings (SSSR count). The second-order valence-electron chi connectivity index (χ2n) is 6.89. The molecule has 0 bridgehead atoms. The molecule has 148 valence electrons.